The van der Waals surface area contributed by atoms with Crippen LogP contribution in [0.3, 0.4) is 0 Å². The maximum atomic E-state index is 6.29. The van der Waals surface area contributed by atoms with Crippen LogP contribution < -0.4 is 4.74 Å². The van der Waals surface area contributed by atoms with Crippen molar-refractivity contribution in [2.75, 3.05) is 0 Å². The summed E-state index contributed by atoms with van der Waals surface area (Å²) in [5.41, 5.74) is 9.77. The normalized spacial score (nSPS) is 11.7. The van der Waals surface area contributed by atoms with Crippen LogP contribution in [0, 0.1) is 0 Å². The first-order valence-corrected chi connectivity index (χ1v) is 14.3. The molecule has 0 spiro atoms. The molecule has 0 radical (unpaired) electrons. The van der Waals surface area contributed by atoms with Crippen molar-refractivity contribution in [2.45, 2.75) is 0 Å². The van der Waals surface area contributed by atoms with E-state index in [-0.39, 0.29) is 0 Å². The van der Waals surface area contributed by atoms with E-state index in [9.17, 15) is 0 Å². The summed E-state index contributed by atoms with van der Waals surface area (Å²) < 4.78 is 6.29. The molecule has 0 N–H and O–H groups in total. The third-order valence-corrected chi connectivity index (χ3v) is 8.92. The second-order valence-electron chi connectivity index (χ2n) is 10.2. The first kappa shape index (κ1) is 23.0. The zero-order valence-electron chi connectivity index (χ0n) is 21.7. The molecule has 0 bridgehead atoms. The van der Waals surface area contributed by atoms with Crippen molar-refractivity contribution in [1.29, 1.82) is 0 Å². The van der Waals surface area contributed by atoms with Gasteiger partial charge in [-0.2, -0.15) is 0 Å². The van der Waals surface area contributed by atoms with Gasteiger partial charge in [-0.1, -0.05) is 109 Å². The SMILES string of the molecule is c1ccc(-c2ccc(-c3ccc(-c4ccc(-c5ccc6c(c5)-c5cccc7cccc(c57)O6)s4)cc3)cc2)cc1. The molecular weight excluding hydrogens is 504 g/mol. The monoisotopic (exact) mass is 528 g/mol. The van der Waals surface area contributed by atoms with Gasteiger partial charge in [0.25, 0.3) is 0 Å². The molecule has 1 aromatic heterocycles. The van der Waals surface area contributed by atoms with E-state index in [0.29, 0.717) is 0 Å². The lowest BCUT2D eigenvalue weighted by Gasteiger charge is -2.21. The van der Waals surface area contributed by atoms with Gasteiger partial charge in [-0.15, -0.1) is 11.3 Å². The minimum Gasteiger partial charge on any atom is -0.456 e. The largest absolute Gasteiger partial charge is 0.456 e. The van der Waals surface area contributed by atoms with E-state index >= 15 is 0 Å². The third-order valence-electron chi connectivity index (χ3n) is 7.74. The Morgan fingerprint density at radius 1 is 0.375 bits per heavy atom. The molecule has 2 heterocycles. The van der Waals surface area contributed by atoms with Gasteiger partial charge in [0.05, 0.1) is 0 Å². The van der Waals surface area contributed by atoms with Crippen molar-refractivity contribution in [1.82, 2.24) is 0 Å². The third kappa shape index (κ3) is 3.93. The van der Waals surface area contributed by atoms with E-state index in [1.807, 2.05) is 11.3 Å². The number of hydrogen-bond acceptors (Lipinski definition) is 2. The maximum absolute atomic E-state index is 6.29. The van der Waals surface area contributed by atoms with E-state index in [0.717, 1.165) is 17.1 Å². The van der Waals surface area contributed by atoms with E-state index in [4.69, 9.17) is 4.74 Å². The molecule has 0 saturated carbocycles. The summed E-state index contributed by atoms with van der Waals surface area (Å²) in [6, 6.07) is 52.0. The zero-order chi connectivity index (χ0) is 26.5. The summed E-state index contributed by atoms with van der Waals surface area (Å²) in [5, 5.41) is 2.40. The minimum atomic E-state index is 0.916. The standard InChI is InChI=1S/C38H24OS/c1-2-6-25(7-3-1)26-12-14-27(15-13-26)28-16-18-29(19-17-28)36-22-23-37(40-36)31-20-21-34-33(24-31)32-10-4-8-30-9-5-11-35(39-34)38(30)32/h1-24H. The lowest BCUT2D eigenvalue weighted by Crippen LogP contribution is -1.97. The van der Waals surface area contributed by atoms with Crippen molar-refractivity contribution in [3.63, 3.8) is 0 Å². The van der Waals surface area contributed by atoms with Crippen LogP contribution in [0.2, 0.25) is 0 Å². The smallest absolute Gasteiger partial charge is 0.135 e. The van der Waals surface area contributed by atoms with Gasteiger partial charge in [-0.05, 0) is 80.7 Å². The molecule has 188 valence electrons. The van der Waals surface area contributed by atoms with Gasteiger partial charge in [-0.3, -0.25) is 0 Å². The Labute approximate surface area is 237 Å². The average molecular weight is 529 g/mol. The molecule has 2 heteroatoms. The van der Waals surface area contributed by atoms with E-state index < -0.39 is 0 Å². The fourth-order valence-electron chi connectivity index (χ4n) is 5.68. The Morgan fingerprint density at radius 3 is 1.65 bits per heavy atom. The van der Waals surface area contributed by atoms with Crippen molar-refractivity contribution in [3.8, 4) is 65.8 Å². The number of hydrogen-bond donors (Lipinski definition) is 0. The fourth-order valence-corrected chi connectivity index (χ4v) is 6.69. The Morgan fingerprint density at radius 2 is 0.950 bits per heavy atom. The van der Waals surface area contributed by atoms with Crippen LogP contribution in [0.15, 0.2) is 146 Å². The van der Waals surface area contributed by atoms with Gasteiger partial charge in [0, 0.05) is 20.7 Å². The summed E-state index contributed by atoms with van der Waals surface area (Å²) in [7, 11) is 0. The highest BCUT2D eigenvalue weighted by atomic mass is 32.1. The molecule has 0 unspecified atom stereocenters. The highest BCUT2D eigenvalue weighted by Crippen LogP contribution is 2.48. The summed E-state index contributed by atoms with van der Waals surface area (Å²) in [5.74, 6) is 1.85. The van der Waals surface area contributed by atoms with Crippen LogP contribution in [0.5, 0.6) is 11.5 Å². The number of fused-ring (bicyclic) bond motifs is 2. The molecule has 1 nitrogen and oxygen atoms in total. The quantitative estimate of drug-likeness (QED) is 0.221. The summed E-state index contributed by atoms with van der Waals surface area (Å²) in [4.78, 5) is 2.52. The van der Waals surface area contributed by atoms with Crippen molar-refractivity contribution < 1.29 is 4.74 Å². The van der Waals surface area contributed by atoms with Crippen LogP contribution in [0.1, 0.15) is 0 Å². The zero-order valence-corrected chi connectivity index (χ0v) is 22.5. The van der Waals surface area contributed by atoms with Crippen molar-refractivity contribution in [2.24, 2.45) is 0 Å². The van der Waals surface area contributed by atoms with Gasteiger partial charge in [0.2, 0.25) is 0 Å². The molecule has 0 amide bonds. The Bertz CT molecular complexity index is 1990. The predicted molar refractivity (Wildman–Crippen MR) is 169 cm³/mol. The van der Waals surface area contributed by atoms with Gasteiger partial charge in [-0.25, -0.2) is 0 Å². The maximum Gasteiger partial charge on any atom is 0.135 e. The van der Waals surface area contributed by atoms with Crippen molar-refractivity contribution in [3.05, 3.63) is 146 Å². The van der Waals surface area contributed by atoms with Crippen molar-refractivity contribution >= 4 is 22.1 Å². The molecule has 8 rings (SSSR count). The summed E-state index contributed by atoms with van der Waals surface area (Å²) in [6.45, 7) is 0. The Hall–Kier alpha value is -4.92. The predicted octanol–water partition coefficient (Wildman–Crippen LogP) is 11.3. The van der Waals surface area contributed by atoms with Gasteiger partial charge < -0.3 is 4.74 Å². The lowest BCUT2D eigenvalue weighted by atomic mass is 9.93. The second-order valence-corrected chi connectivity index (χ2v) is 11.2. The summed E-state index contributed by atoms with van der Waals surface area (Å²) >= 11 is 1.83. The first-order valence-electron chi connectivity index (χ1n) is 13.5. The molecule has 40 heavy (non-hydrogen) atoms. The molecule has 1 aliphatic heterocycles. The molecule has 1 aliphatic rings. The second kappa shape index (κ2) is 9.37. The minimum absolute atomic E-state index is 0.916. The van der Waals surface area contributed by atoms with Crippen LogP contribution >= 0.6 is 11.3 Å². The lowest BCUT2D eigenvalue weighted by molar-refractivity contribution is 0.487. The Balaban J connectivity index is 1.07. The van der Waals surface area contributed by atoms with Crippen LogP contribution in [0.4, 0.5) is 0 Å². The van der Waals surface area contributed by atoms with Gasteiger partial charge in [0.15, 0.2) is 0 Å². The van der Waals surface area contributed by atoms with E-state index in [1.165, 1.54) is 59.5 Å². The molecule has 6 aromatic carbocycles. The van der Waals surface area contributed by atoms with Crippen LogP contribution in [0.25, 0.3) is 65.0 Å². The highest BCUT2D eigenvalue weighted by molar-refractivity contribution is 7.18. The number of ether oxygens (including phenoxy) is 1. The molecule has 0 saturated heterocycles. The van der Waals surface area contributed by atoms with Gasteiger partial charge >= 0.3 is 0 Å². The van der Waals surface area contributed by atoms with Gasteiger partial charge in [0.1, 0.15) is 11.5 Å². The number of benzene rings is 6. The molecule has 0 aliphatic carbocycles. The number of thiophene rings is 1. The summed E-state index contributed by atoms with van der Waals surface area (Å²) in [6.07, 6.45) is 0. The van der Waals surface area contributed by atoms with E-state index in [1.54, 1.807) is 0 Å². The van der Waals surface area contributed by atoms with E-state index in [2.05, 4.69) is 146 Å². The molecule has 0 atom stereocenters. The highest BCUT2D eigenvalue weighted by Gasteiger charge is 2.20. The number of rotatable bonds is 4. The molecule has 0 fully saturated rings. The molecular formula is C38H24OS. The molecule has 7 aromatic rings. The van der Waals surface area contributed by atoms with Crippen LogP contribution in [-0.4, -0.2) is 0 Å². The first-order chi connectivity index (χ1) is 19.8. The Kier molecular flexibility index (Phi) is 5.39. The average Bonchev–Trinajstić information content (AvgIpc) is 3.52. The fraction of sp³-hybridized carbons (Fsp3) is 0. The topological polar surface area (TPSA) is 9.23 Å². The van der Waals surface area contributed by atoms with Crippen LogP contribution in [-0.2, 0) is 0 Å².